The summed E-state index contributed by atoms with van der Waals surface area (Å²) in [5, 5.41) is 8.84. The van der Waals surface area contributed by atoms with E-state index >= 15 is 0 Å². The fraction of sp³-hybridized carbons (Fsp3) is 1.00. The van der Waals surface area contributed by atoms with Crippen LogP contribution >= 0.6 is 0 Å². The SMILES string of the molecule is CC1CN(C)C(CCO)CN1C. The van der Waals surface area contributed by atoms with Crippen molar-refractivity contribution in [1.29, 1.82) is 0 Å². The van der Waals surface area contributed by atoms with Crippen molar-refractivity contribution in [3.63, 3.8) is 0 Å². The van der Waals surface area contributed by atoms with Gasteiger partial charge in [-0.25, -0.2) is 0 Å². The molecule has 1 saturated heterocycles. The van der Waals surface area contributed by atoms with Gasteiger partial charge < -0.3 is 14.9 Å². The van der Waals surface area contributed by atoms with E-state index < -0.39 is 0 Å². The number of likely N-dealkylation sites (N-methyl/N-ethyl adjacent to an activating group) is 2. The molecule has 1 aliphatic heterocycles. The lowest BCUT2D eigenvalue weighted by Gasteiger charge is -2.41. The van der Waals surface area contributed by atoms with Gasteiger partial charge in [0.15, 0.2) is 0 Å². The van der Waals surface area contributed by atoms with Crippen LogP contribution in [-0.2, 0) is 0 Å². The van der Waals surface area contributed by atoms with Gasteiger partial charge in [0.1, 0.15) is 0 Å². The third-order valence-corrected chi connectivity index (χ3v) is 2.89. The summed E-state index contributed by atoms with van der Waals surface area (Å²) in [6.07, 6.45) is 0.896. The second-order valence-electron chi connectivity index (χ2n) is 3.89. The highest BCUT2D eigenvalue weighted by Gasteiger charge is 2.25. The molecule has 0 bridgehead atoms. The molecule has 3 heteroatoms. The molecule has 12 heavy (non-hydrogen) atoms. The van der Waals surface area contributed by atoms with E-state index in [0.717, 1.165) is 19.5 Å². The first-order valence-electron chi connectivity index (χ1n) is 4.66. The number of hydrogen-bond acceptors (Lipinski definition) is 3. The van der Waals surface area contributed by atoms with Gasteiger partial charge in [-0.15, -0.1) is 0 Å². The molecular weight excluding hydrogens is 152 g/mol. The van der Waals surface area contributed by atoms with Crippen LogP contribution in [0.4, 0.5) is 0 Å². The second kappa shape index (κ2) is 4.21. The Hall–Kier alpha value is -0.120. The van der Waals surface area contributed by atoms with Gasteiger partial charge in [-0.05, 0) is 27.4 Å². The summed E-state index contributed by atoms with van der Waals surface area (Å²) >= 11 is 0. The van der Waals surface area contributed by atoms with Crippen molar-refractivity contribution in [3.05, 3.63) is 0 Å². The van der Waals surface area contributed by atoms with Crippen molar-refractivity contribution >= 4 is 0 Å². The van der Waals surface area contributed by atoms with Gasteiger partial charge >= 0.3 is 0 Å². The lowest BCUT2D eigenvalue weighted by atomic mass is 10.1. The number of hydrogen-bond donors (Lipinski definition) is 1. The van der Waals surface area contributed by atoms with Gasteiger partial charge in [0, 0.05) is 31.8 Å². The zero-order valence-electron chi connectivity index (χ0n) is 8.32. The van der Waals surface area contributed by atoms with E-state index in [1.165, 1.54) is 0 Å². The molecule has 0 radical (unpaired) electrons. The van der Waals surface area contributed by atoms with E-state index in [1.807, 2.05) is 0 Å². The van der Waals surface area contributed by atoms with Crippen LogP contribution in [0.15, 0.2) is 0 Å². The zero-order valence-corrected chi connectivity index (χ0v) is 8.32. The first-order chi connectivity index (χ1) is 5.65. The maximum absolute atomic E-state index is 8.84. The number of rotatable bonds is 2. The molecule has 1 aliphatic rings. The van der Waals surface area contributed by atoms with E-state index in [2.05, 4.69) is 30.8 Å². The molecule has 0 saturated carbocycles. The van der Waals surface area contributed by atoms with Crippen molar-refractivity contribution in [1.82, 2.24) is 9.80 Å². The smallest absolute Gasteiger partial charge is 0.0446 e. The monoisotopic (exact) mass is 172 g/mol. The Bertz CT molecular complexity index is 140. The van der Waals surface area contributed by atoms with Gasteiger partial charge in [0.05, 0.1) is 0 Å². The van der Waals surface area contributed by atoms with Gasteiger partial charge in [-0.1, -0.05) is 0 Å². The largest absolute Gasteiger partial charge is 0.396 e. The van der Waals surface area contributed by atoms with Crippen LogP contribution in [0.5, 0.6) is 0 Å². The van der Waals surface area contributed by atoms with Crippen LogP contribution in [0.3, 0.4) is 0 Å². The first-order valence-corrected chi connectivity index (χ1v) is 4.66. The number of aliphatic hydroxyl groups is 1. The Labute approximate surface area is 75.0 Å². The van der Waals surface area contributed by atoms with E-state index in [9.17, 15) is 0 Å². The molecule has 0 aromatic carbocycles. The first kappa shape index (κ1) is 9.96. The lowest BCUT2D eigenvalue weighted by Crippen LogP contribution is -2.54. The molecule has 72 valence electrons. The molecule has 0 spiro atoms. The third kappa shape index (κ3) is 2.19. The summed E-state index contributed by atoms with van der Waals surface area (Å²) in [6.45, 7) is 4.74. The van der Waals surface area contributed by atoms with Gasteiger partial charge in [0.2, 0.25) is 0 Å². The average Bonchev–Trinajstić information content (AvgIpc) is 2.01. The van der Waals surface area contributed by atoms with Crippen LogP contribution in [0.2, 0.25) is 0 Å². The average molecular weight is 172 g/mol. The highest BCUT2D eigenvalue weighted by atomic mass is 16.3. The standard InChI is InChI=1S/C9H20N2O/c1-8-6-11(3)9(4-5-12)7-10(8)2/h8-9,12H,4-7H2,1-3H3. The lowest BCUT2D eigenvalue weighted by molar-refractivity contribution is 0.0576. The minimum Gasteiger partial charge on any atom is -0.396 e. The summed E-state index contributed by atoms with van der Waals surface area (Å²) in [7, 11) is 4.30. The topological polar surface area (TPSA) is 26.7 Å². The van der Waals surface area contributed by atoms with Crippen LogP contribution < -0.4 is 0 Å². The predicted octanol–water partition coefficient (Wildman–Crippen LogP) is 0.00310. The van der Waals surface area contributed by atoms with Crippen molar-refractivity contribution in [2.45, 2.75) is 25.4 Å². The molecule has 1 fully saturated rings. The molecule has 1 heterocycles. The zero-order chi connectivity index (χ0) is 9.14. The van der Waals surface area contributed by atoms with Crippen LogP contribution in [-0.4, -0.2) is 60.8 Å². The minimum atomic E-state index is 0.303. The Morgan fingerprint density at radius 1 is 1.25 bits per heavy atom. The maximum Gasteiger partial charge on any atom is 0.0446 e. The summed E-state index contributed by atoms with van der Waals surface area (Å²) in [6, 6.07) is 1.18. The van der Waals surface area contributed by atoms with E-state index in [-0.39, 0.29) is 0 Å². The van der Waals surface area contributed by atoms with Gasteiger partial charge in [0.25, 0.3) is 0 Å². The Morgan fingerprint density at radius 3 is 2.50 bits per heavy atom. The quantitative estimate of drug-likeness (QED) is 0.635. The van der Waals surface area contributed by atoms with Gasteiger partial charge in [-0.3, -0.25) is 0 Å². The van der Waals surface area contributed by atoms with Crippen LogP contribution in [0.25, 0.3) is 0 Å². The van der Waals surface area contributed by atoms with Gasteiger partial charge in [-0.2, -0.15) is 0 Å². The molecule has 0 aliphatic carbocycles. The van der Waals surface area contributed by atoms with Crippen LogP contribution in [0, 0.1) is 0 Å². The summed E-state index contributed by atoms with van der Waals surface area (Å²) < 4.78 is 0. The third-order valence-electron chi connectivity index (χ3n) is 2.89. The Kier molecular flexibility index (Phi) is 3.50. The van der Waals surface area contributed by atoms with Crippen LogP contribution in [0.1, 0.15) is 13.3 Å². The fourth-order valence-electron chi connectivity index (χ4n) is 1.82. The highest BCUT2D eigenvalue weighted by molar-refractivity contribution is 4.82. The second-order valence-corrected chi connectivity index (χ2v) is 3.89. The van der Waals surface area contributed by atoms with E-state index in [0.29, 0.717) is 18.7 Å². The molecular formula is C9H20N2O. The minimum absolute atomic E-state index is 0.303. The molecule has 0 aromatic rings. The molecule has 2 atom stereocenters. The predicted molar refractivity (Wildman–Crippen MR) is 50.2 cm³/mol. The highest BCUT2D eigenvalue weighted by Crippen LogP contribution is 2.13. The normalized spacial score (nSPS) is 34.0. The molecule has 1 rings (SSSR count). The maximum atomic E-state index is 8.84. The number of piperazine rings is 1. The Morgan fingerprint density at radius 2 is 1.92 bits per heavy atom. The molecule has 2 unspecified atom stereocenters. The van der Waals surface area contributed by atoms with E-state index in [1.54, 1.807) is 0 Å². The van der Waals surface area contributed by atoms with Crippen molar-refractivity contribution in [2.75, 3.05) is 33.8 Å². The van der Waals surface area contributed by atoms with Crippen molar-refractivity contribution < 1.29 is 5.11 Å². The molecule has 0 aromatic heterocycles. The fourth-order valence-corrected chi connectivity index (χ4v) is 1.82. The van der Waals surface area contributed by atoms with E-state index in [4.69, 9.17) is 5.11 Å². The molecule has 3 nitrogen and oxygen atoms in total. The number of nitrogens with zero attached hydrogens (tertiary/aromatic N) is 2. The number of aliphatic hydroxyl groups excluding tert-OH is 1. The summed E-state index contributed by atoms with van der Waals surface area (Å²) in [4.78, 5) is 4.71. The molecule has 1 N–H and O–H groups in total. The summed E-state index contributed by atoms with van der Waals surface area (Å²) in [5.74, 6) is 0. The van der Waals surface area contributed by atoms with Crippen molar-refractivity contribution in [2.24, 2.45) is 0 Å². The molecule has 0 amide bonds. The Balaban J connectivity index is 2.43. The summed E-state index contributed by atoms with van der Waals surface area (Å²) in [5.41, 5.74) is 0. The van der Waals surface area contributed by atoms with Crippen molar-refractivity contribution in [3.8, 4) is 0 Å².